The first-order chi connectivity index (χ1) is 10.2. The Labute approximate surface area is 126 Å². The minimum atomic E-state index is -0.161. The zero-order valence-corrected chi connectivity index (χ0v) is 12.8. The smallest absolute Gasteiger partial charge is 0.125 e. The van der Waals surface area contributed by atoms with Crippen LogP contribution in [0.2, 0.25) is 0 Å². The van der Waals surface area contributed by atoms with Gasteiger partial charge in [0.25, 0.3) is 0 Å². The van der Waals surface area contributed by atoms with Crippen molar-refractivity contribution < 1.29 is 9.13 Å². The maximum Gasteiger partial charge on any atom is 0.125 e. The first kappa shape index (κ1) is 14.8. The molecule has 21 heavy (non-hydrogen) atoms. The van der Waals surface area contributed by atoms with Crippen molar-refractivity contribution in [3.63, 3.8) is 0 Å². The highest BCUT2D eigenvalue weighted by atomic mass is 19.1. The van der Waals surface area contributed by atoms with E-state index in [1.807, 2.05) is 7.05 Å². The van der Waals surface area contributed by atoms with E-state index in [-0.39, 0.29) is 5.82 Å². The van der Waals surface area contributed by atoms with Crippen molar-refractivity contribution in [3.05, 3.63) is 29.6 Å². The second-order valence-corrected chi connectivity index (χ2v) is 6.41. The van der Waals surface area contributed by atoms with Crippen molar-refractivity contribution >= 4 is 5.69 Å². The van der Waals surface area contributed by atoms with Crippen LogP contribution in [0.3, 0.4) is 0 Å². The van der Waals surface area contributed by atoms with Crippen LogP contribution < -0.4 is 10.2 Å². The molecule has 0 radical (unpaired) electrons. The van der Waals surface area contributed by atoms with E-state index in [0.29, 0.717) is 12.6 Å². The number of nitrogens with one attached hydrogen (secondary N) is 1. The van der Waals surface area contributed by atoms with Crippen LogP contribution in [0.1, 0.15) is 31.2 Å². The van der Waals surface area contributed by atoms with Crippen molar-refractivity contribution in [1.82, 2.24) is 5.32 Å². The number of rotatable bonds is 9. The quantitative estimate of drug-likeness (QED) is 0.708. The van der Waals surface area contributed by atoms with Gasteiger partial charge < -0.3 is 15.0 Å². The molecule has 0 aliphatic heterocycles. The second-order valence-electron chi connectivity index (χ2n) is 6.41. The summed E-state index contributed by atoms with van der Waals surface area (Å²) in [7, 11) is 1.99. The van der Waals surface area contributed by atoms with E-state index in [0.717, 1.165) is 36.9 Å². The molecule has 1 N–H and O–H groups in total. The van der Waals surface area contributed by atoms with Crippen LogP contribution in [0.5, 0.6) is 0 Å². The fourth-order valence-corrected chi connectivity index (χ4v) is 2.37. The van der Waals surface area contributed by atoms with Gasteiger partial charge in [0.1, 0.15) is 5.82 Å². The Balaban J connectivity index is 1.49. The summed E-state index contributed by atoms with van der Waals surface area (Å²) < 4.78 is 19.4. The van der Waals surface area contributed by atoms with E-state index in [1.54, 1.807) is 12.1 Å². The fourth-order valence-electron chi connectivity index (χ4n) is 2.37. The van der Waals surface area contributed by atoms with Gasteiger partial charge in [-0.1, -0.05) is 0 Å². The molecule has 0 heterocycles. The minimum absolute atomic E-state index is 0.161. The predicted octanol–water partition coefficient (Wildman–Crippen LogP) is 2.94. The molecule has 3 rings (SSSR count). The van der Waals surface area contributed by atoms with Crippen molar-refractivity contribution in [1.29, 1.82) is 0 Å². The largest absolute Gasteiger partial charge is 0.379 e. The van der Waals surface area contributed by atoms with Gasteiger partial charge in [-0.15, -0.1) is 0 Å². The molecule has 1 aromatic carbocycles. The molecule has 0 spiro atoms. The first-order valence-electron chi connectivity index (χ1n) is 8.02. The topological polar surface area (TPSA) is 24.5 Å². The Morgan fingerprint density at radius 1 is 1.24 bits per heavy atom. The summed E-state index contributed by atoms with van der Waals surface area (Å²) in [5.74, 6) is 0.635. The van der Waals surface area contributed by atoms with Gasteiger partial charge in [0.2, 0.25) is 0 Å². The lowest BCUT2D eigenvalue weighted by Gasteiger charge is -2.20. The summed E-state index contributed by atoms with van der Waals surface area (Å²) >= 11 is 0. The molecule has 2 aliphatic rings. The molecule has 2 saturated carbocycles. The van der Waals surface area contributed by atoms with E-state index in [9.17, 15) is 4.39 Å². The van der Waals surface area contributed by atoms with Crippen LogP contribution in [-0.2, 0) is 11.3 Å². The van der Waals surface area contributed by atoms with Gasteiger partial charge in [-0.3, -0.25) is 0 Å². The van der Waals surface area contributed by atoms with Crippen LogP contribution in [0.4, 0.5) is 10.1 Å². The molecule has 0 aromatic heterocycles. The fraction of sp³-hybridized carbons (Fsp3) is 0.647. The number of halogens is 1. The number of hydrogen-bond acceptors (Lipinski definition) is 3. The average molecular weight is 292 g/mol. The van der Waals surface area contributed by atoms with Crippen LogP contribution in [0.15, 0.2) is 18.2 Å². The van der Waals surface area contributed by atoms with E-state index in [4.69, 9.17) is 4.74 Å². The summed E-state index contributed by atoms with van der Waals surface area (Å²) in [4.78, 5) is 2.07. The zero-order valence-electron chi connectivity index (χ0n) is 12.8. The van der Waals surface area contributed by atoms with Gasteiger partial charge in [0, 0.05) is 38.5 Å². The maximum atomic E-state index is 13.7. The van der Waals surface area contributed by atoms with Crippen molar-refractivity contribution in [2.24, 2.45) is 5.92 Å². The third-order valence-electron chi connectivity index (χ3n) is 4.18. The van der Waals surface area contributed by atoms with E-state index in [2.05, 4.69) is 16.3 Å². The molecule has 0 unspecified atom stereocenters. The molecule has 0 bridgehead atoms. The maximum absolute atomic E-state index is 13.7. The Morgan fingerprint density at radius 2 is 2.05 bits per heavy atom. The molecule has 2 fully saturated rings. The number of hydrogen-bond donors (Lipinski definition) is 1. The Morgan fingerprint density at radius 3 is 2.76 bits per heavy atom. The van der Waals surface area contributed by atoms with E-state index < -0.39 is 0 Å². The molecular formula is C17H25FN2O. The Kier molecular flexibility index (Phi) is 4.76. The molecule has 0 atom stereocenters. The number of likely N-dealkylation sites (N-methyl/N-ethyl adjacent to an activating group) is 1. The third-order valence-corrected chi connectivity index (χ3v) is 4.18. The molecule has 4 heteroatoms. The molecule has 3 nitrogen and oxygen atoms in total. The van der Waals surface area contributed by atoms with Gasteiger partial charge in [0.15, 0.2) is 0 Å². The average Bonchev–Trinajstić information content (AvgIpc) is 3.35. The predicted molar refractivity (Wildman–Crippen MR) is 83.1 cm³/mol. The van der Waals surface area contributed by atoms with E-state index >= 15 is 0 Å². The number of benzene rings is 1. The molecule has 2 aliphatic carbocycles. The Bertz CT molecular complexity index is 472. The normalized spacial score (nSPS) is 18.0. The lowest BCUT2D eigenvalue weighted by molar-refractivity contribution is 0.131. The van der Waals surface area contributed by atoms with Crippen LogP contribution >= 0.6 is 0 Å². The van der Waals surface area contributed by atoms with E-state index in [1.165, 1.54) is 25.7 Å². The summed E-state index contributed by atoms with van der Waals surface area (Å²) in [6.45, 7) is 3.14. The van der Waals surface area contributed by atoms with Gasteiger partial charge in [-0.2, -0.15) is 0 Å². The van der Waals surface area contributed by atoms with Crippen LogP contribution in [0, 0.1) is 11.7 Å². The van der Waals surface area contributed by atoms with Crippen LogP contribution in [0.25, 0.3) is 0 Å². The Hall–Kier alpha value is -1.13. The molecule has 0 amide bonds. The van der Waals surface area contributed by atoms with Gasteiger partial charge in [0.05, 0.1) is 6.61 Å². The number of nitrogens with zero attached hydrogens (tertiary/aromatic N) is 1. The summed E-state index contributed by atoms with van der Waals surface area (Å²) in [6, 6.07) is 5.93. The highest BCUT2D eigenvalue weighted by Gasteiger charge is 2.21. The lowest BCUT2D eigenvalue weighted by atomic mass is 10.1. The summed E-state index contributed by atoms with van der Waals surface area (Å²) in [6.07, 6.45) is 5.13. The van der Waals surface area contributed by atoms with Crippen molar-refractivity contribution in [2.45, 2.75) is 38.3 Å². The second kappa shape index (κ2) is 6.75. The lowest BCUT2D eigenvalue weighted by Crippen LogP contribution is -2.23. The monoisotopic (exact) mass is 292 g/mol. The highest BCUT2D eigenvalue weighted by Crippen LogP contribution is 2.28. The highest BCUT2D eigenvalue weighted by molar-refractivity contribution is 5.48. The molecular weight excluding hydrogens is 267 g/mol. The standard InChI is InChI=1S/C17H25FN2O/c1-20(6-7-21-12-13-2-3-13)17-9-14(8-15(18)10-17)11-19-16-4-5-16/h8-10,13,16,19H,2-7,11-12H2,1H3. The zero-order chi connectivity index (χ0) is 14.7. The third kappa shape index (κ3) is 4.97. The molecule has 0 saturated heterocycles. The number of anilines is 1. The molecule has 1 aromatic rings. The van der Waals surface area contributed by atoms with Crippen molar-refractivity contribution in [2.75, 3.05) is 31.7 Å². The van der Waals surface area contributed by atoms with Gasteiger partial charge >= 0.3 is 0 Å². The SMILES string of the molecule is CN(CCOCC1CC1)c1cc(F)cc(CNC2CC2)c1. The van der Waals surface area contributed by atoms with Gasteiger partial charge in [-0.05, 0) is 55.4 Å². The summed E-state index contributed by atoms with van der Waals surface area (Å²) in [5, 5.41) is 3.43. The number of ether oxygens (including phenoxy) is 1. The van der Waals surface area contributed by atoms with Crippen LogP contribution in [-0.4, -0.2) is 32.8 Å². The summed E-state index contributed by atoms with van der Waals surface area (Å²) in [5.41, 5.74) is 1.94. The van der Waals surface area contributed by atoms with Gasteiger partial charge in [-0.25, -0.2) is 4.39 Å². The minimum Gasteiger partial charge on any atom is -0.379 e. The van der Waals surface area contributed by atoms with Crippen molar-refractivity contribution in [3.8, 4) is 0 Å². The molecule has 116 valence electrons. The first-order valence-corrected chi connectivity index (χ1v) is 8.02.